The molecule has 0 aliphatic heterocycles. The fourth-order valence-electron chi connectivity index (χ4n) is 2.15. The number of aromatic nitrogens is 4. The van der Waals surface area contributed by atoms with Crippen molar-refractivity contribution in [2.45, 2.75) is 44.0 Å². The van der Waals surface area contributed by atoms with Crippen LogP contribution in [0, 0.1) is 0 Å². The first-order chi connectivity index (χ1) is 9.44. The van der Waals surface area contributed by atoms with E-state index in [1.807, 2.05) is 0 Å². The third-order valence-corrected chi connectivity index (χ3v) is 2.99. The summed E-state index contributed by atoms with van der Waals surface area (Å²) in [6.07, 6.45) is -2.54. The second-order valence-corrected chi connectivity index (χ2v) is 4.62. The molecule has 0 radical (unpaired) electrons. The number of amides is 1. The molecule has 10 heteroatoms. The van der Waals surface area contributed by atoms with Gasteiger partial charge in [-0.25, -0.2) is 0 Å². The maximum Gasteiger partial charge on any atom is 0.411 e. The molecule has 2 atom stereocenters. The van der Waals surface area contributed by atoms with E-state index in [2.05, 4.69) is 25.9 Å². The van der Waals surface area contributed by atoms with Gasteiger partial charge in [-0.1, -0.05) is 0 Å². The Morgan fingerprint density at radius 3 is 2.90 bits per heavy atom. The van der Waals surface area contributed by atoms with Gasteiger partial charge in [0.05, 0.1) is 6.10 Å². The summed E-state index contributed by atoms with van der Waals surface area (Å²) in [5.41, 5.74) is 0. The number of nitrogens with one attached hydrogen (secondary N) is 2. The van der Waals surface area contributed by atoms with Crippen LogP contribution in [0.5, 0.6) is 0 Å². The molecule has 1 aliphatic rings. The number of ether oxygens (including phenoxy) is 1. The molecule has 1 fully saturated rings. The van der Waals surface area contributed by atoms with E-state index in [0.29, 0.717) is 25.7 Å². The molecule has 7 nitrogen and oxygen atoms in total. The highest BCUT2D eigenvalue weighted by molar-refractivity contribution is 5.90. The number of hydrogen-bond acceptors (Lipinski definition) is 5. The Bertz CT molecular complexity index is 437. The minimum absolute atomic E-state index is 0.0941. The Morgan fingerprint density at radius 1 is 1.45 bits per heavy atom. The third-order valence-electron chi connectivity index (χ3n) is 2.99. The molecule has 1 aliphatic carbocycles. The quantitative estimate of drug-likeness (QED) is 0.857. The lowest BCUT2D eigenvalue weighted by Crippen LogP contribution is -2.41. The lowest BCUT2D eigenvalue weighted by Gasteiger charge is -2.29. The van der Waals surface area contributed by atoms with Crippen LogP contribution in [-0.4, -0.2) is 51.5 Å². The number of H-pyrrole nitrogens is 1. The molecule has 20 heavy (non-hydrogen) atoms. The van der Waals surface area contributed by atoms with Crippen molar-refractivity contribution in [1.82, 2.24) is 25.9 Å². The topological polar surface area (TPSA) is 92.8 Å². The molecule has 2 unspecified atom stereocenters. The van der Waals surface area contributed by atoms with Gasteiger partial charge in [-0.2, -0.15) is 18.4 Å². The Morgan fingerprint density at radius 2 is 2.25 bits per heavy atom. The zero-order chi connectivity index (χ0) is 14.6. The molecular weight excluding hydrogens is 279 g/mol. The maximum atomic E-state index is 12.1. The zero-order valence-electron chi connectivity index (χ0n) is 10.5. The second-order valence-electron chi connectivity index (χ2n) is 4.62. The average molecular weight is 293 g/mol. The number of carbonyl (C=O) groups excluding carboxylic acids is 1. The molecule has 1 aromatic rings. The highest BCUT2D eigenvalue weighted by atomic mass is 19.4. The van der Waals surface area contributed by atoms with E-state index in [1.54, 1.807) is 0 Å². The van der Waals surface area contributed by atoms with E-state index < -0.39 is 24.8 Å². The van der Waals surface area contributed by atoms with Crippen molar-refractivity contribution in [3.05, 3.63) is 5.82 Å². The highest BCUT2D eigenvalue weighted by Crippen LogP contribution is 2.24. The van der Waals surface area contributed by atoms with Crippen LogP contribution in [0.3, 0.4) is 0 Å². The molecular formula is C10H14F3N5O2. The van der Waals surface area contributed by atoms with Crippen molar-refractivity contribution >= 4 is 5.91 Å². The first-order valence-corrected chi connectivity index (χ1v) is 6.17. The van der Waals surface area contributed by atoms with Crippen LogP contribution in [0.15, 0.2) is 0 Å². The second kappa shape index (κ2) is 6.16. The van der Waals surface area contributed by atoms with Gasteiger partial charge >= 0.3 is 6.18 Å². The van der Waals surface area contributed by atoms with E-state index in [-0.39, 0.29) is 11.9 Å². The summed E-state index contributed by atoms with van der Waals surface area (Å²) in [6.45, 7) is -1.26. The fraction of sp³-hybridized carbons (Fsp3) is 0.800. The molecule has 112 valence electrons. The zero-order valence-corrected chi connectivity index (χ0v) is 10.5. The van der Waals surface area contributed by atoms with E-state index in [1.165, 1.54) is 0 Å². The van der Waals surface area contributed by atoms with E-state index >= 15 is 0 Å². The van der Waals surface area contributed by atoms with Crippen LogP contribution in [0.4, 0.5) is 13.2 Å². The number of alkyl halides is 3. The summed E-state index contributed by atoms with van der Waals surface area (Å²) in [5.74, 6) is -0.594. The van der Waals surface area contributed by atoms with Gasteiger partial charge in [0.25, 0.3) is 11.7 Å². The summed E-state index contributed by atoms with van der Waals surface area (Å²) >= 11 is 0. The minimum atomic E-state index is -4.33. The molecule has 0 saturated heterocycles. The van der Waals surface area contributed by atoms with Crippen molar-refractivity contribution in [3.8, 4) is 0 Å². The smallest absolute Gasteiger partial charge is 0.369 e. The fourth-order valence-corrected chi connectivity index (χ4v) is 2.15. The van der Waals surface area contributed by atoms with Crippen LogP contribution < -0.4 is 5.32 Å². The predicted molar refractivity (Wildman–Crippen MR) is 59.7 cm³/mol. The van der Waals surface area contributed by atoms with Gasteiger partial charge in [-0.05, 0) is 30.9 Å². The summed E-state index contributed by atoms with van der Waals surface area (Å²) < 4.78 is 41.1. The van der Waals surface area contributed by atoms with Gasteiger partial charge in [0.2, 0.25) is 0 Å². The molecule has 0 spiro atoms. The lowest BCUT2D eigenvalue weighted by molar-refractivity contribution is -0.188. The number of aromatic amines is 1. The van der Waals surface area contributed by atoms with Gasteiger partial charge in [0, 0.05) is 6.04 Å². The lowest BCUT2D eigenvalue weighted by atomic mass is 9.93. The molecule has 1 saturated carbocycles. The van der Waals surface area contributed by atoms with Gasteiger partial charge in [-0.3, -0.25) is 4.79 Å². The molecule has 2 rings (SSSR count). The average Bonchev–Trinajstić information content (AvgIpc) is 2.90. The standard InChI is InChI=1S/C10H14F3N5O2/c11-10(12,13)5-20-7-3-1-2-6(4-7)14-9(19)8-15-17-18-16-8/h6-7H,1-5H2,(H,14,19)(H,15,16,17,18). The number of hydrogen-bond donors (Lipinski definition) is 2. The Hall–Kier alpha value is -1.71. The van der Waals surface area contributed by atoms with Crippen LogP contribution in [-0.2, 0) is 4.74 Å². The molecule has 2 N–H and O–H groups in total. The van der Waals surface area contributed by atoms with E-state index in [9.17, 15) is 18.0 Å². The van der Waals surface area contributed by atoms with Crippen molar-refractivity contribution in [2.75, 3.05) is 6.61 Å². The first kappa shape index (κ1) is 14.7. The summed E-state index contributed by atoms with van der Waals surface area (Å²) in [6, 6.07) is -0.243. The molecule has 0 bridgehead atoms. The third kappa shape index (κ3) is 4.44. The monoisotopic (exact) mass is 293 g/mol. The van der Waals surface area contributed by atoms with Crippen LogP contribution >= 0.6 is 0 Å². The molecule has 1 heterocycles. The number of carbonyl (C=O) groups is 1. The molecule has 1 aromatic heterocycles. The largest absolute Gasteiger partial charge is 0.411 e. The SMILES string of the molecule is O=C(NC1CCCC(OCC(F)(F)F)C1)c1nn[nH]n1. The summed E-state index contributed by atoms with van der Waals surface area (Å²) in [4.78, 5) is 11.7. The van der Waals surface area contributed by atoms with Crippen LogP contribution in [0.2, 0.25) is 0 Å². The van der Waals surface area contributed by atoms with Gasteiger partial charge in [0.1, 0.15) is 6.61 Å². The highest BCUT2D eigenvalue weighted by Gasteiger charge is 2.31. The maximum absolute atomic E-state index is 12.1. The van der Waals surface area contributed by atoms with Crippen molar-refractivity contribution in [3.63, 3.8) is 0 Å². The van der Waals surface area contributed by atoms with Crippen molar-refractivity contribution < 1.29 is 22.7 Å². The first-order valence-electron chi connectivity index (χ1n) is 6.17. The van der Waals surface area contributed by atoms with Crippen LogP contribution in [0.1, 0.15) is 36.3 Å². The molecule has 1 amide bonds. The van der Waals surface area contributed by atoms with Gasteiger partial charge < -0.3 is 10.1 Å². The van der Waals surface area contributed by atoms with E-state index in [0.717, 1.165) is 0 Å². The summed E-state index contributed by atoms with van der Waals surface area (Å²) in [7, 11) is 0. The minimum Gasteiger partial charge on any atom is -0.369 e. The predicted octanol–water partition coefficient (Wildman–Crippen LogP) is 0.820. The van der Waals surface area contributed by atoms with Crippen molar-refractivity contribution in [1.29, 1.82) is 0 Å². The van der Waals surface area contributed by atoms with Crippen molar-refractivity contribution in [2.24, 2.45) is 0 Å². The number of nitrogens with zero attached hydrogens (tertiary/aromatic N) is 3. The Kier molecular flexibility index (Phi) is 4.53. The number of rotatable bonds is 4. The number of tetrazole rings is 1. The Balaban J connectivity index is 1.80. The van der Waals surface area contributed by atoms with Gasteiger partial charge in [0.15, 0.2) is 0 Å². The van der Waals surface area contributed by atoms with E-state index in [4.69, 9.17) is 4.74 Å². The van der Waals surface area contributed by atoms with Crippen LogP contribution in [0.25, 0.3) is 0 Å². The normalized spacial score (nSPS) is 23.6. The summed E-state index contributed by atoms with van der Waals surface area (Å²) in [5, 5.41) is 15.1. The van der Waals surface area contributed by atoms with Gasteiger partial charge in [-0.15, -0.1) is 10.2 Å². The Labute approximate surface area is 112 Å². The molecule has 0 aromatic carbocycles. The number of halogens is 3.